The highest BCUT2D eigenvalue weighted by Gasteiger charge is 2.14. The summed E-state index contributed by atoms with van der Waals surface area (Å²) in [7, 11) is 1.97. The van der Waals surface area contributed by atoms with Crippen molar-refractivity contribution in [3.63, 3.8) is 0 Å². The van der Waals surface area contributed by atoms with Crippen molar-refractivity contribution in [1.29, 1.82) is 0 Å². The summed E-state index contributed by atoms with van der Waals surface area (Å²) in [5.41, 5.74) is 13.5. The number of rotatable bonds is 2. The SMILES string of the molecule is Cc1nn(C)c(C)c1-c1cccc(-n2c(N)nc3ccccc32)c1. The second-order valence-corrected chi connectivity index (χ2v) is 6.01. The maximum absolute atomic E-state index is 6.17. The van der Waals surface area contributed by atoms with Gasteiger partial charge in [0.1, 0.15) is 0 Å². The van der Waals surface area contributed by atoms with E-state index in [9.17, 15) is 0 Å². The molecule has 120 valence electrons. The van der Waals surface area contributed by atoms with Crippen LogP contribution in [0.1, 0.15) is 11.4 Å². The molecule has 0 amide bonds. The number of para-hydroxylation sites is 2. The zero-order valence-electron chi connectivity index (χ0n) is 14.0. The highest BCUT2D eigenvalue weighted by Crippen LogP contribution is 2.30. The lowest BCUT2D eigenvalue weighted by Gasteiger charge is -2.09. The van der Waals surface area contributed by atoms with Crippen LogP contribution in [0.25, 0.3) is 27.8 Å². The molecule has 0 saturated heterocycles. The Labute approximate surface area is 140 Å². The predicted octanol–water partition coefficient (Wildman–Crippen LogP) is 3.63. The van der Waals surface area contributed by atoms with Gasteiger partial charge in [-0.3, -0.25) is 9.25 Å². The van der Waals surface area contributed by atoms with E-state index in [-0.39, 0.29) is 0 Å². The van der Waals surface area contributed by atoms with E-state index in [2.05, 4.69) is 35.2 Å². The highest BCUT2D eigenvalue weighted by atomic mass is 15.3. The zero-order chi connectivity index (χ0) is 16.8. The molecule has 4 rings (SSSR count). The van der Waals surface area contributed by atoms with Crippen molar-refractivity contribution in [2.75, 3.05) is 5.73 Å². The molecule has 2 aromatic heterocycles. The topological polar surface area (TPSA) is 61.7 Å². The van der Waals surface area contributed by atoms with Gasteiger partial charge in [0.2, 0.25) is 5.95 Å². The molecule has 4 aromatic rings. The molecule has 0 unspecified atom stereocenters. The standard InChI is InChI=1S/C19H19N5/c1-12-18(13(2)23(3)22-12)14-7-6-8-15(11-14)24-17-10-5-4-9-16(17)21-19(24)20/h4-11H,1-3H3,(H2,20,21). The van der Waals surface area contributed by atoms with Crippen LogP contribution < -0.4 is 5.73 Å². The van der Waals surface area contributed by atoms with Crippen LogP contribution in [0.15, 0.2) is 48.5 Å². The monoisotopic (exact) mass is 317 g/mol. The van der Waals surface area contributed by atoms with Crippen molar-refractivity contribution in [1.82, 2.24) is 19.3 Å². The van der Waals surface area contributed by atoms with Crippen LogP contribution in [0.5, 0.6) is 0 Å². The molecule has 0 aliphatic rings. The second-order valence-electron chi connectivity index (χ2n) is 6.01. The maximum atomic E-state index is 6.17. The molecule has 2 N–H and O–H groups in total. The molecule has 0 aliphatic carbocycles. The molecule has 2 heterocycles. The van der Waals surface area contributed by atoms with E-state index in [0.717, 1.165) is 33.7 Å². The molecule has 5 nitrogen and oxygen atoms in total. The molecule has 0 radical (unpaired) electrons. The smallest absolute Gasteiger partial charge is 0.205 e. The van der Waals surface area contributed by atoms with Crippen LogP contribution in [-0.2, 0) is 7.05 Å². The van der Waals surface area contributed by atoms with E-state index >= 15 is 0 Å². The average Bonchev–Trinajstić information content (AvgIpc) is 3.03. The van der Waals surface area contributed by atoms with Crippen molar-refractivity contribution in [3.05, 3.63) is 59.9 Å². The van der Waals surface area contributed by atoms with E-state index in [1.165, 1.54) is 5.56 Å². The van der Waals surface area contributed by atoms with E-state index in [1.807, 2.05) is 53.6 Å². The van der Waals surface area contributed by atoms with Crippen LogP contribution in [0.3, 0.4) is 0 Å². The van der Waals surface area contributed by atoms with Gasteiger partial charge in [0, 0.05) is 24.0 Å². The number of fused-ring (bicyclic) bond motifs is 1. The molecule has 0 spiro atoms. The van der Waals surface area contributed by atoms with E-state index in [4.69, 9.17) is 5.73 Å². The largest absolute Gasteiger partial charge is 0.369 e. The maximum Gasteiger partial charge on any atom is 0.205 e. The molecule has 2 aromatic carbocycles. The van der Waals surface area contributed by atoms with Crippen LogP contribution in [0, 0.1) is 13.8 Å². The normalized spacial score (nSPS) is 11.3. The van der Waals surface area contributed by atoms with Crippen LogP contribution >= 0.6 is 0 Å². The number of aromatic nitrogens is 4. The Morgan fingerprint density at radius 1 is 1.00 bits per heavy atom. The zero-order valence-corrected chi connectivity index (χ0v) is 14.0. The number of imidazole rings is 1. The number of anilines is 1. The number of aryl methyl sites for hydroxylation is 2. The van der Waals surface area contributed by atoms with Crippen LogP contribution in [0.2, 0.25) is 0 Å². The third-order valence-electron chi connectivity index (χ3n) is 4.49. The molecule has 0 bridgehead atoms. The summed E-state index contributed by atoms with van der Waals surface area (Å²) in [5.74, 6) is 0.494. The van der Waals surface area contributed by atoms with Gasteiger partial charge in [0.05, 0.1) is 16.7 Å². The molecule has 0 atom stereocenters. The summed E-state index contributed by atoms with van der Waals surface area (Å²) in [5, 5.41) is 4.52. The molecular formula is C19H19N5. The molecule has 24 heavy (non-hydrogen) atoms. The summed E-state index contributed by atoms with van der Waals surface area (Å²) in [6.45, 7) is 4.12. The van der Waals surface area contributed by atoms with Gasteiger partial charge in [-0.2, -0.15) is 5.10 Å². The van der Waals surface area contributed by atoms with Gasteiger partial charge < -0.3 is 5.73 Å². The summed E-state index contributed by atoms with van der Waals surface area (Å²) in [6, 6.07) is 16.3. The van der Waals surface area contributed by atoms with Crippen molar-refractivity contribution >= 4 is 17.0 Å². The van der Waals surface area contributed by atoms with Gasteiger partial charge in [0.25, 0.3) is 0 Å². The lowest BCUT2D eigenvalue weighted by atomic mass is 10.0. The van der Waals surface area contributed by atoms with Gasteiger partial charge in [-0.1, -0.05) is 24.3 Å². The summed E-state index contributed by atoms with van der Waals surface area (Å²) >= 11 is 0. The third-order valence-corrected chi connectivity index (χ3v) is 4.49. The first-order chi connectivity index (χ1) is 11.6. The fourth-order valence-corrected chi connectivity index (χ4v) is 3.31. The Hall–Kier alpha value is -3.08. The summed E-state index contributed by atoms with van der Waals surface area (Å²) < 4.78 is 3.90. The quantitative estimate of drug-likeness (QED) is 0.614. The first-order valence-corrected chi connectivity index (χ1v) is 7.90. The Morgan fingerprint density at radius 2 is 1.79 bits per heavy atom. The first kappa shape index (κ1) is 14.5. The molecule has 0 fully saturated rings. The van der Waals surface area contributed by atoms with Crippen molar-refractivity contribution in [2.24, 2.45) is 7.05 Å². The fourth-order valence-electron chi connectivity index (χ4n) is 3.31. The highest BCUT2D eigenvalue weighted by molar-refractivity contribution is 5.81. The Bertz CT molecular complexity index is 1050. The van der Waals surface area contributed by atoms with Gasteiger partial charge in [-0.25, -0.2) is 4.98 Å². The first-order valence-electron chi connectivity index (χ1n) is 7.90. The lowest BCUT2D eigenvalue weighted by Crippen LogP contribution is -2.00. The Morgan fingerprint density at radius 3 is 2.54 bits per heavy atom. The number of nitrogens with two attached hydrogens (primary N) is 1. The average molecular weight is 317 g/mol. The van der Waals surface area contributed by atoms with E-state index < -0.39 is 0 Å². The number of nitrogen functional groups attached to an aromatic ring is 1. The van der Waals surface area contributed by atoms with Crippen molar-refractivity contribution in [3.8, 4) is 16.8 Å². The van der Waals surface area contributed by atoms with Gasteiger partial charge in [-0.05, 0) is 43.7 Å². The Kier molecular flexibility index (Phi) is 3.16. The van der Waals surface area contributed by atoms with Crippen LogP contribution in [-0.4, -0.2) is 19.3 Å². The third kappa shape index (κ3) is 2.09. The summed E-state index contributed by atoms with van der Waals surface area (Å²) in [6.07, 6.45) is 0. The fraction of sp³-hybridized carbons (Fsp3) is 0.158. The molecule has 0 aliphatic heterocycles. The summed E-state index contributed by atoms with van der Waals surface area (Å²) in [4.78, 5) is 4.46. The second kappa shape index (κ2) is 5.23. The van der Waals surface area contributed by atoms with Gasteiger partial charge in [-0.15, -0.1) is 0 Å². The Balaban J connectivity index is 1.93. The van der Waals surface area contributed by atoms with E-state index in [0.29, 0.717) is 5.95 Å². The van der Waals surface area contributed by atoms with Crippen molar-refractivity contribution < 1.29 is 0 Å². The lowest BCUT2D eigenvalue weighted by molar-refractivity contribution is 0.731. The van der Waals surface area contributed by atoms with Gasteiger partial charge >= 0.3 is 0 Å². The number of hydrogen-bond acceptors (Lipinski definition) is 3. The van der Waals surface area contributed by atoms with E-state index in [1.54, 1.807) is 0 Å². The molecular weight excluding hydrogens is 298 g/mol. The van der Waals surface area contributed by atoms with Crippen LogP contribution in [0.4, 0.5) is 5.95 Å². The predicted molar refractivity (Wildman–Crippen MR) is 97.2 cm³/mol. The van der Waals surface area contributed by atoms with Crippen molar-refractivity contribution in [2.45, 2.75) is 13.8 Å². The number of benzene rings is 2. The molecule has 5 heteroatoms. The minimum Gasteiger partial charge on any atom is -0.369 e. The number of nitrogens with zero attached hydrogens (tertiary/aromatic N) is 4. The minimum absolute atomic E-state index is 0.494. The molecule has 0 saturated carbocycles. The van der Waals surface area contributed by atoms with Gasteiger partial charge in [0.15, 0.2) is 0 Å². The number of hydrogen-bond donors (Lipinski definition) is 1. The minimum atomic E-state index is 0.494.